The molecule has 3 N–H and O–H groups in total. The topological polar surface area (TPSA) is 124 Å². The summed E-state index contributed by atoms with van der Waals surface area (Å²) >= 11 is 0. The van der Waals surface area contributed by atoms with Crippen LogP contribution in [-0.2, 0) is 28.5 Å². The lowest BCUT2D eigenvalue weighted by molar-refractivity contribution is -0.330. The zero-order chi connectivity index (χ0) is 34.2. The average molecular weight is 637 g/mol. The molecule has 2 aliphatic heterocycles. The van der Waals surface area contributed by atoms with Crippen LogP contribution < -0.4 is 0 Å². The molecule has 2 aliphatic rings. The van der Waals surface area contributed by atoms with E-state index < -0.39 is 48.0 Å². The lowest BCUT2D eigenvalue weighted by Gasteiger charge is -2.50. The number of methoxy groups -OCH3 is 3. The van der Waals surface area contributed by atoms with E-state index in [-0.39, 0.29) is 48.1 Å². The Hall–Kier alpha value is -2.01. The van der Waals surface area contributed by atoms with Crippen molar-refractivity contribution in [1.82, 2.24) is 0 Å². The molecule has 1 saturated heterocycles. The monoisotopic (exact) mass is 636 g/mol. The van der Waals surface area contributed by atoms with E-state index in [1.807, 2.05) is 66.7 Å². The maximum atomic E-state index is 13.5. The summed E-state index contributed by atoms with van der Waals surface area (Å²) in [5, 5.41) is 34.6. The van der Waals surface area contributed by atoms with Crippen molar-refractivity contribution < 1.29 is 43.8 Å². The maximum absolute atomic E-state index is 13.5. The third kappa shape index (κ3) is 9.99. The molecule has 45 heavy (non-hydrogen) atoms. The normalized spacial score (nSPS) is 40.5. The zero-order valence-corrected chi connectivity index (χ0v) is 29.5. The van der Waals surface area contributed by atoms with Crippen LogP contribution in [0.5, 0.6) is 0 Å². The van der Waals surface area contributed by atoms with Crippen molar-refractivity contribution in [2.24, 2.45) is 35.5 Å². The van der Waals surface area contributed by atoms with Gasteiger partial charge in [-0.1, -0.05) is 83.9 Å². The first-order valence-corrected chi connectivity index (χ1v) is 16.3. The summed E-state index contributed by atoms with van der Waals surface area (Å²) < 4.78 is 29.4. The van der Waals surface area contributed by atoms with E-state index in [4.69, 9.17) is 23.7 Å². The molecule has 0 bridgehead atoms. The van der Waals surface area contributed by atoms with Crippen LogP contribution in [-0.4, -0.2) is 85.0 Å². The van der Waals surface area contributed by atoms with Crippen molar-refractivity contribution in [1.29, 1.82) is 0 Å². The summed E-state index contributed by atoms with van der Waals surface area (Å²) in [6.07, 6.45) is 6.00. The molecule has 258 valence electrons. The van der Waals surface area contributed by atoms with Crippen molar-refractivity contribution in [3.05, 3.63) is 47.3 Å². The largest absolute Gasteiger partial charge is 0.490 e. The first-order valence-electron chi connectivity index (χ1n) is 16.3. The van der Waals surface area contributed by atoms with Crippen LogP contribution in [0.4, 0.5) is 0 Å². The number of hydrogen-bond donors (Lipinski definition) is 3. The first kappa shape index (κ1) is 39.2. The SMILES string of the molecule is CO/C1=C\C(C)=C\[C@@H](C)[C@@H](O)[C@@H](C)C/C(C)=C/C=C\[C@H](OC)[C@@H]([C@@H](C)[C@@H](O)[C@H](C)[C@@]2(O)C[C@@H](OC)[C@H](C)[C@@H](C(C)C)O2)OC1=O. The fraction of sp³-hybridized carbons (Fsp3) is 0.750. The van der Waals surface area contributed by atoms with Gasteiger partial charge in [0.15, 0.2) is 5.79 Å². The minimum Gasteiger partial charge on any atom is -0.490 e. The quantitative estimate of drug-likeness (QED) is 0.303. The number of hydrogen-bond acceptors (Lipinski definition) is 9. The Labute approximate surface area is 271 Å². The minimum absolute atomic E-state index is 0.00358. The van der Waals surface area contributed by atoms with Crippen LogP contribution in [0.3, 0.4) is 0 Å². The molecule has 0 unspecified atom stereocenters. The number of allylic oxidation sites excluding steroid dienone is 5. The highest BCUT2D eigenvalue weighted by Gasteiger charge is 2.52. The molecule has 0 spiro atoms. The molecular weight excluding hydrogens is 576 g/mol. The van der Waals surface area contributed by atoms with E-state index in [0.717, 1.165) is 11.1 Å². The van der Waals surface area contributed by atoms with Crippen molar-refractivity contribution in [2.45, 2.75) is 118 Å². The molecule has 0 aromatic heterocycles. The van der Waals surface area contributed by atoms with Gasteiger partial charge >= 0.3 is 5.97 Å². The van der Waals surface area contributed by atoms with Crippen LogP contribution in [0, 0.1) is 35.5 Å². The predicted molar refractivity (Wildman–Crippen MR) is 175 cm³/mol. The van der Waals surface area contributed by atoms with E-state index in [2.05, 4.69) is 0 Å². The number of rotatable bonds is 8. The van der Waals surface area contributed by atoms with Gasteiger partial charge < -0.3 is 39.0 Å². The third-order valence-electron chi connectivity index (χ3n) is 9.77. The Bertz CT molecular complexity index is 1080. The smallest absolute Gasteiger partial charge is 0.373 e. The van der Waals surface area contributed by atoms with Gasteiger partial charge in [-0.2, -0.15) is 0 Å². The summed E-state index contributed by atoms with van der Waals surface area (Å²) in [4.78, 5) is 13.5. The molecule has 9 heteroatoms. The van der Waals surface area contributed by atoms with Crippen molar-refractivity contribution in [3.8, 4) is 0 Å². The van der Waals surface area contributed by atoms with Gasteiger partial charge in [0.25, 0.3) is 0 Å². The molecular formula is C36H60O9. The minimum atomic E-state index is -1.67. The predicted octanol–water partition coefficient (Wildman–Crippen LogP) is 5.35. The van der Waals surface area contributed by atoms with Crippen LogP contribution >= 0.6 is 0 Å². The molecule has 2 heterocycles. The molecule has 12 atom stereocenters. The van der Waals surface area contributed by atoms with Crippen LogP contribution in [0.15, 0.2) is 47.3 Å². The molecule has 0 aromatic rings. The fourth-order valence-electron chi connectivity index (χ4n) is 6.82. The molecule has 0 saturated carbocycles. The Morgan fingerprint density at radius 2 is 1.67 bits per heavy atom. The molecule has 0 amide bonds. The maximum Gasteiger partial charge on any atom is 0.373 e. The third-order valence-corrected chi connectivity index (χ3v) is 9.77. The van der Waals surface area contributed by atoms with Gasteiger partial charge in [0, 0.05) is 44.3 Å². The second-order valence-corrected chi connectivity index (χ2v) is 13.8. The molecule has 0 radical (unpaired) electrons. The fourth-order valence-corrected chi connectivity index (χ4v) is 6.82. The second kappa shape index (κ2) is 17.2. The summed E-state index contributed by atoms with van der Waals surface area (Å²) in [5.41, 5.74) is 1.81. The van der Waals surface area contributed by atoms with E-state index >= 15 is 0 Å². The number of esters is 1. The van der Waals surface area contributed by atoms with E-state index in [1.54, 1.807) is 33.1 Å². The summed E-state index contributed by atoms with van der Waals surface area (Å²) in [6.45, 7) is 17.4. The Morgan fingerprint density at radius 1 is 1.02 bits per heavy atom. The van der Waals surface area contributed by atoms with Crippen molar-refractivity contribution in [2.75, 3.05) is 21.3 Å². The second-order valence-electron chi connectivity index (χ2n) is 13.8. The van der Waals surface area contributed by atoms with E-state index in [0.29, 0.717) is 6.42 Å². The number of carbonyl (C=O) groups excluding carboxylic acids is 1. The Kier molecular flexibility index (Phi) is 15.0. The van der Waals surface area contributed by atoms with Crippen LogP contribution in [0.25, 0.3) is 0 Å². The van der Waals surface area contributed by atoms with Gasteiger partial charge in [-0.15, -0.1) is 0 Å². The number of aliphatic hydroxyl groups is 3. The molecule has 0 aromatic carbocycles. The molecule has 9 nitrogen and oxygen atoms in total. The number of carbonyl (C=O) groups is 1. The van der Waals surface area contributed by atoms with Gasteiger partial charge in [-0.3, -0.25) is 0 Å². The standard InChI is InChI=1S/C36H60O9/c1-20(2)33-25(7)30(43-12)19-36(40,45-33)27(9)32(38)26(8)34-28(41-10)15-13-14-21(3)16-23(5)31(37)24(6)17-22(4)18-29(42-11)35(39)44-34/h13-15,17-18,20,23-28,30-34,37-38,40H,16,19H2,1-12H3/b15-13-,21-14+,22-17+,29-18-/t23-,24+,25-,26-,27-,28-,30+,31-,32+,33+,34+,36+/m0/s1. The van der Waals surface area contributed by atoms with Crippen LogP contribution in [0.2, 0.25) is 0 Å². The number of cyclic esters (lactones) is 1. The summed E-state index contributed by atoms with van der Waals surface area (Å²) in [7, 11) is 4.53. The van der Waals surface area contributed by atoms with Crippen molar-refractivity contribution in [3.63, 3.8) is 0 Å². The number of aliphatic hydroxyl groups excluding tert-OH is 2. The number of ether oxygens (including phenoxy) is 5. The summed E-state index contributed by atoms with van der Waals surface area (Å²) in [5.74, 6) is -3.87. The first-order chi connectivity index (χ1) is 21.0. The van der Waals surface area contributed by atoms with Crippen molar-refractivity contribution >= 4 is 5.97 Å². The van der Waals surface area contributed by atoms with Gasteiger partial charge in [0.1, 0.15) is 12.2 Å². The molecule has 1 fully saturated rings. The highest BCUT2D eigenvalue weighted by Crippen LogP contribution is 2.42. The highest BCUT2D eigenvalue weighted by atomic mass is 16.6. The average Bonchev–Trinajstić information content (AvgIpc) is 2.99. The summed E-state index contributed by atoms with van der Waals surface area (Å²) in [6, 6.07) is 0. The van der Waals surface area contributed by atoms with E-state index in [1.165, 1.54) is 14.2 Å². The zero-order valence-electron chi connectivity index (χ0n) is 29.5. The Morgan fingerprint density at radius 3 is 2.22 bits per heavy atom. The Balaban J connectivity index is 2.53. The molecule has 2 rings (SSSR count). The lowest BCUT2D eigenvalue weighted by Crippen LogP contribution is -2.59. The highest BCUT2D eigenvalue weighted by molar-refractivity contribution is 5.87. The van der Waals surface area contributed by atoms with Gasteiger partial charge in [-0.25, -0.2) is 4.79 Å². The van der Waals surface area contributed by atoms with Gasteiger partial charge in [-0.05, 0) is 38.2 Å². The molecule has 0 aliphatic carbocycles. The van der Waals surface area contributed by atoms with Crippen LogP contribution in [0.1, 0.15) is 75.2 Å². The van der Waals surface area contributed by atoms with Gasteiger partial charge in [0.2, 0.25) is 5.76 Å². The van der Waals surface area contributed by atoms with Gasteiger partial charge in [0.05, 0.1) is 31.5 Å². The van der Waals surface area contributed by atoms with E-state index in [9.17, 15) is 20.1 Å². The lowest BCUT2D eigenvalue weighted by atomic mass is 9.76.